The van der Waals surface area contributed by atoms with E-state index in [9.17, 15) is 4.79 Å². The molecule has 0 saturated heterocycles. The van der Waals surface area contributed by atoms with Crippen LogP contribution in [0.15, 0.2) is 22.7 Å². The zero-order valence-electron chi connectivity index (χ0n) is 6.10. The first-order valence-electron chi connectivity index (χ1n) is 3.20. The van der Waals surface area contributed by atoms with Crippen LogP contribution < -0.4 is 0 Å². The first kappa shape index (κ1) is 8.73. The van der Waals surface area contributed by atoms with Gasteiger partial charge in [-0.2, -0.15) is 0 Å². The third-order valence-electron chi connectivity index (χ3n) is 1.29. The van der Waals surface area contributed by atoms with Crippen molar-refractivity contribution in [2.24, 2.45) is 5.16 Å². The lowest BCUT2D eigenvalue weighted by Gasteiger charge is -1.94. The molecule has 0 saturated carbocycles. The molecule has 0 aliphatic heterocycles. The SMILES string of the molecule is O=C(O)/C(Cc1cccs1)=N\O. The minimum absolute atomic E-state index is 0.170. The van der Waals surface area contributed by atoms with Crippen LogP contribution in [0.4, 0.5) is 0 Å². The monoisotopic (exact) mass is 185 g/mol. The number of carboxylic acids is 1. The van der Waals surface area contributed by atoms with E-state index in [1.807, 2.05) is 11.4 Å². The number of nitrogens with zero attached hydrogens (tertiary/aromatic N) is 1. The number of hydrogen-bond donors (Lipinski definition) is 2. The van der Waals surface area contributed by atoms with E-state index >= 15 is 0 Å². The summed E-state index contributed by atoms with van der Waals surface area (Å²) in [4.78, 5) is 11.2. The Labute approximate surface area is 72.8 Å². The fraction of sp³-hybridized carbons (Fsp3) is 0.143. The third kappa shape index (κ3) is 2.06. The van der Waals surface area contributed by atoms with Crippen LogP contribution in [-0.2, 0) is 11.2 Å². The first-order valence-corrected chi connectivity index (χ1v) is 4.08. The zero-order valence-corrected chi connectivity index (χ0v) is 6.91. The summed E-state index contributed by atoms with van der Waals surface area (Å²) in [5.74, 6) is -1.19. The van der Waals surface area contributed by atoms with Gasteiger partial charge in [0.25, 0.3) is 0 Å². The van der Waals surface area contributed by atoms with Crippen LogP contribution in [0.1, 0.15) is 4.88 Å². The van der Waals surface area contributed by atoms with Crippen LogP contribution in [0.5, 0.6) is 0 Å². The van der Waals surface area contributed by atoms with Crippen molar-refractivity contribution in [3.05, 3.63) is 22.4 Å². The van der Waals surface area contributed by atoms with Gasteiger partial charge in [-0.05, 0) is 11.4 Å². The van der Waals surface area contributed by atoms with Gasteiger partial charge in [0.1, 0.15) is 0 Å². The molecule has 0 aliphatic rings. The largest absolute Gasteiger partial charge is 0.477 e. The highest BCUT2D eigenvalue weighted by Gasteiger charge is 2.10. The summed E-state index contributed by atoms with van der Waals surface area (Å²) in [6, 6.07) is 3.61. The van der Waals surface area contributed by atoms with Gasteiger partial charge in [0.05, 0.1) is 0 Å². The van der Waals surface area contributed by atoms with Gasteiger partial charge in [-0.1, -0.05) is 11.2 Å². The summed E-state index contributed by atoms with van der Waals surface area (Å²) in [6.45, 7) is 0. The predicted molar refractivity (Wildman–Crippen MR) is 44.9 cm³/mol. The fourth-order valence-corrected chi connectivity index (χ4v) is 1.44. The molecule has 1 rings (SSSR count). The van der Waals surface area contributed by atoms with Crippen LogP contribution in [0.3, 0.4) is 0 Å². The number of rotatable bonds is 3. The van der Waals surface area contributed by atoms with E-state index in [2.05, 4.69) is 5.16 Å². The van der Waals surface area contributed by atoms with E-state index in [1.54, 1.807) is 6.07 Å². The minimum Gasteiger partial charge on any atom is -0.477 e. The summed E-state index contributed by atoms with van der Waals surface area (Å²) in [6.07, 6.45) is 0.170. The Morgan fingerprint density at radius 2 is 2.42 bits per heavy atom. The highest BCUT2D eigenvalue weighted by Crippen LogP contribution is 2.09. The predicted octanol–water partition coefficient (Wildman–Crippen LogP) is 1.21. The van der Waals surface area contributed by atoms with Crippen molar-refractivity contribution in [3.8, 4) is 0 Å². The normalized spacial score (nSPS) is 11.5. The highest BCUT2D eigenvalue weighted by atomic mass is 32.1. The van der Waals surface area contributed by atoms with Gasteiger partial charge < -0.3 is 10.3 Å². The molecule has 0 atom stereocenters. The molecule has 0 fully saturated rings. The quantitative estimate of drug-likeness (QED) is 0.422. The van der Waals surface area contributed by atoms with E-state index in [-0.39, 0.29) is 12.1 Å². The van der Waals surface area contributed by atoms with Crippen molar-refractivity contribution in [3.63, 3.8) is 0 Å². The third-order valence-corrected chi connectivity index (χ3v) is 2.17. The molecule has 1 aromatic rings. The molecule has 4 nitrogen and oxygen atoms in total. The van der Waals surface area contributed by atoms with Crippen molar-refractivity contribution in [2.45, 2.75) is 6.42 Å². The standard InChI is InChI=1S/C7H7NO3S/c9-7(10)6(8-11)4-5-2-1-3-12-5/h1-3,11H,4H2,(H,9,10)/b8-6-. The van der Waals surface area contributed by atoms with Gasteiger partial charge in [0.2, 0.25) is 0 Å². The Bertz CT molecular complexity index is 292. The lowest BCUT2D eigenvalue weighted by Crippen LogP contribution is -2.15. The second kappa shape index (κ2) is 3.87. The van der Waals surface area contributed by atoms with E-state index in [0.717, 1.165) is 4.88 Å². The maximum Gasteiger partial charge on any atom is 0.354 e. The second-order valence-corrected chi connectivity index (χ2v) is 3.14. The Balaban J connectivity index is 2.68. The average molecular weight is 185 g/mol. The molecule has 0 aliphatic carbocycles. The van der Waals surface area contributed by atoms with Gasteiger partial charge in [-0.3, -0.25) is 0 Å². The number of aliphatic carboxylic acids is 1. The molecule has 12 heavy (non-hydrogen) atoms. The van der Waals surface area contributed by atoms with Crippen molar-refractivity contribution in [1.82, 2.24) is 0 Å². The van der Waals surface area contributed by atoms with Crippen molar-refractivity contribution < 1.29 is 15.1 Å². The molecule has 2 N–H and O–H groups in total. The van der Waals surface area contributed by atoms with Gasteiger partial charge in [-0.25, -0.2) is 4.79 Å². The Hall–Kier alpha value is -1.36. The van der Waals surface area contributed by atoms with Crippen LogP contribution in [0.25, 0.3) is 0 Å². The number of oxime groups is 1. The van der Waals surface area contributed by atoms with Gasteiger partial charge in [0, 0.05) is 11.3 Å². The molecule has 0 radical (unpaired) electrons. The Kier molecular flexibility index (Phi) is 2.82. The van der Waals surface area contributed by atoms with Crippen LogP contribution in [0, 0.1) is 0 Å². The smallest absolute Gasteiger partial charge is 0.354 e. The molecule has 64 valence electrons. The fourth-order valence-electron chi connectivity index (χ4n) is 0.732. The molecule has 5 heteroatoms. The van der Waals surface area contributed by atoms with E-state index in [4.69, 9.17) is 10.3 Å². The summed E-state index contributed by atoms with van der Waals surface area (Å²) in [5.41, 5.74) is -0.238. The Morgan fingerprint density at radius 3 is 2.83 bits per heavy atom. The molecule has 0 unspecified atom stereocenters. The van der Waals surface area contributed by atoms with E-state index in [1.165, 1.54) is 11.3 Å². The summed E-state index contributed by atoms with van der Waals surface area (Å²) < 4.78 is 0. The van der Waals surface area contributed by atoms with E-state index in [0.29, 0.717) is 0 Å². The maximum atomic E-state index is 10.4. The average Bonchev–Trinajstić information content (AvgIpc) is 2.51. The number of hydrogen-bond acceptors (Lipinski definition) is 4. The lowest BCUT2D eigenvalue weighted by atomic mass is 10.2. The molecular weight excluding hydrogens is 178 g/mol. The highest BCUT2D eigenvalue weighted by molar-refractivity contribution is 7.10. The zero-order chi connectivity index (χ0) is 8.97. The molecule has 1 aromatic heterocycles. The molecule has 0 aromatic carbocycles. The summed E-state index contributed by atoms with van der Waals surface area (Å²) in [7, 11) is 0. The topological polar surface area (TPSA) is 69.9 Å². The first-order chi connectivity index (χ1) is 5.74. The van der Waals surface area contributed by atoms with Crippen molar-refractivity contribution >= 4 is 23.0 Å². The molecular formula is C7H7NO3S. The minimum atomic E-state index is -1.19. The van der Waals surface area contributed by atoms with Crippen LogP contribution in [0.2, 0.25) is 0 Å². The van der Waals surface area contributed by atoms with Gasteiger partial charge in [-0.15, -0.1) is 11.3 Å². The van der Waals surface area contributed by atoms with Crippen LogP contribution in [-0.4, -0.2) is 22.0 Å². The number of carbonyl (C=O) groups is 1. The van der Waals surface area contributed by atoms with Gasteiger partial charge >= 0.3 is 5.97 Å². The Morgan fingerprint density at radius 1 is 1.67 bits per heavy atom. The number of carboxylic acid groups (broad SMARTS) is 1. The maximum absolute atomic E-state index is 10.4. The lowest BCUT2D eigenvalue weighted by molar-refractivity contribution is -0.129. The van der Waals surface area contributed by atoms with Crippen LogP contribution >= 0.6 is 11.3 Å². The van der Waals surface area contributed by atoms with Crippen molar-refractivity contribution in [2.75, 3.05) is 0 Å². The van der Waals surface area contributed by atoms with Gasteiger partial charge in [0.15, 0.2) is 5.71 Å². The molecule has 1 heterocycles. The second-order valence-electron chi connectivity index (χ2n) is 2.11. The molecule has 0 bridgehead atoms. The van der Waals surface area contributed by atoms with E-state index < -0.39 is 5.97 Å². The van der Waals surface area contributed by atoms with Crippen molar-refractivity contribution in [1.29, 1.82) is 0 Å². The number of thiophene rings is 1. The molecule has 0 spiro atoms. The summed E-state index contributed by atoms with van der Waals surface area (Å²) in [5, 5.41) is 21.3. The summed E-state index contributed by atoms with van der Waals surface area (Å²) >= 11 is 1.43. The molecule has 0 amide bonds.